The standard InChI is InChI=1S/C30H28ClN3O4S/c1-22-9-5-8-14-28(22)34(39(37,38)25-17-15-24(31)16-18-25)21-29(35)33-27-13-7-6-12-26(27)30(36)32-20-19-23-10-3-2-4-11-23/h2-18H,19-21H2,1H3,(H,32,36)(H,33,35). The van der Waals surface area contributed by atoms with E-state index < -0.39 is 22.5 Å². The fraction of sp³-hybridized carbons (Fsp3) is 0.133. The summed E-state index contributed by atoms with van der Waals surface area (Å²) in [5, 5.41) is 6.00. The van der Waals surface area contributed by atoms with Gasteiger partial charge in [-0.3, -0.25) is 13.9 Å². The molecule has 0 aliphatic heterocycles. The van der Waals surface area contributed by atoms with E-state index in [9.17, 15) is 18.0 Å². The van der Waals surface area contributed by atoms with Crippen LogP contribution < -0.4 is 14.9 Å². The van der Waals surface area contributed by atoms with Gasteiger partial charge in [0.25, 0.3) is 15.9 Å². The summed E-state index contributed by atoms with van der Waals surface area (Å²) in [6.45, 7) is 1.69. The van der Waals surface area contributed by atoms with Crippen LogP contribution in [0.25, 0.3) is 0 Å². The molecule has 0 saturated carbocycles. The van der Waals surface area contributed by atoms with Gasteiger partial charge in [0.1, 0.15) is 6.54 Å². The van der Waals surface area contributed by atoms with Crippen LogP contribution in [0, 0.1) is 6.92 Å². The van der Waals surface area contributed by atoms with Crippen molar-refractivity contribution in [1.29, 1.82) is 0 Å². The molecule has 7 nitrogen and oxygen atoms in total. The third kappa shape index (κ3) is 7.04. The molecule has 0 unspecified atom stereocenters. The maximum atomic E-state index is 13.6. The lowest BCUT2D eigenvalue weighted by molar-refractivity contribution is -0.114. The molecule has 4 aromatic carbocycles. The van der Waals surface area contributed by atoms with E-state index in [0.717, 1.165) is 9.87 Å². The molecule has 0 spiro atoms. The summed E-state index contributed by atoms with van der Waals surface area (Å²) in [7, 11) is -4.11. The van der Waals surface area contributed by atoms with E-state index in [2.05, 4.69) is 10.6 Å². The number of para-hydroxylation sites is 2. The van der Waals surface area contributed by atoms with Crippen molar-refractivity contribution in [2.45, 2.75) is 18.2 Å². The number of sulfonamides is 1. The topological polar surface area (TPSA) is 95.6 Å². The third-order valence-corrected chi connectivity index (χ3v) is 8.09. The number of aryl methyl sites for hydroxylation is 1. The number of hydrogen-bond donors (Lipinski definition) is 2. The van der Waals surface area contributed by atoms with Gasteiger partial charge < -0.3 is 10.6 Å². The lowest BCUT2D eigenvalue weighted by Crippen LogP contribution is -2.39. The molecule has 4 rings (SSSR count). The molecule has 0 aromatic heterocycles. The first-order valence-electron chi connectivity index (χ1n) is 12.3. The van der Waals surface area contributed by atoms with Gasteiger partial charge in [0.05, 0.1) is 21.8 Å². The molecule has 0 radical (unpaired) electrons. The second kappa shape index (κ2) is 12.6. The summed E-state index contributed by atoms with van der Waals surface area (Å²) in [6.07, 6.45) is 0.662. The zero-order valence-electron chi connectivity index (χ0n) is 21.3. The van der Waals surface area contributed by atoms with Crippen LogP contribution in [-0.2, 0) is 21.2 Å². The van der Waals surface area contributed by atoms with E-state index in [0.29, 0.717) is 29.2 Å². The van der Waals surface area contributed by atoms with Crippen LogP contribution in [0.2, 0.25) is 5.02 Å². The minimum Gasteiger partial charge on any atom is -0.352 e. The molecule has 0 fully saturated rings. The molecule has 2 amide bonds. The van der Waals surface area contributed by atoms with Crippen LogP contribution in [0.5, 0.6) is 0 Å². The average Bonchev–Trinajstić information content (AvgIpc) is 2.93. The molecule has 4 aromatic rings. The number of nitrogens with zero attached hydrogens (tertiary/aromatic N) is 1. The first-order chi connectivity index (χ1) is 18.8. The van der Waals surface area contributed by atoms with Crippen LogP contribution >= 0.6 is 11.6 Å². The van der Waals surface area contributed by atoms with Crippen molar-refractivity contribution in [2.24, 2.45) is 0 Å². The molecular formula is C30H28ClN3O4S. The quantitative estimate of drug-likeness (QED) is 0.269. The van der Waals surface area contributed by atoms with Gasteiger partial charge in [-0.05, 0) is 66.9 Å². The number of hydrogen-bond acceptors (Lipinski definition) is 4. The predicted octanol–water partition coefficient (Wildman–Crippen LogP) is 5.45. The van der Waals surface area contributed by atoms with E-state index in [1.165, 1.54) is 24.3 Å². The number of carbonyl (C=O) groups is 2. The summed E-state index contributed by atoms with van der Waals surface area (Å²) < 4.78 is 28.3. The zero-order chi connectivity index (χ0) is 27.8. The van der Waals surface area contributed by atoms with Crippen molar-refractivity contribution in [1.82, 2.24) is 5.32 Å². The monoisotopic (exact) mass is 561 g/mol. The summed E-state index contributed by atoms with van der Waals surface area (Å²) >= 11 is 5.96. The lowest BCUT2D eigenvalue weighted by atomic mass is 10.1. The number of carbonyl (C=O) groups excluding carboxylic acids is 2. The van der Waals surface area contributed by atoms with Gasteiger partial charge in [-0.1, -0.05) is 72.3 Å². The van der Waals surface area contributed by atoms with Crippen molar-refractivity contribution in [3.05, 3.63) is 125 Å². The van der Waals surface area contributed by atoms with Crippen LogP contribution in [0.4, 0.5) is 11.4 Å². The van der Waals surface area contributed by atoms with Crippen molar-refractivity contribution >= 4 is 44.8 Å². The Kier molecular flexibility index (Phi) is 9.01. The molecule has 0 atom stereocenters. The molecule has 0 bridgehead atoms. The minimum absolute atomic E-state index is 0.00106. The Balaban J connectivity index is 1.53. The predicted molar refractivity (Wildman–Crippen MR) is 155 cm³/mol. The number of halogens is 1. The highest BCUT2D eigenvalue weighted by Crippen LogP contribution is 2.27. The molecule has 9 heteroatoms. The first kappa shape index (κ1) is 27.9. The first-order valence-corrected chi connectivity index (χ1v) is 14.1. The normalized spacial score (nSPS) is 11.0. The van der Waals surface area contributed by atoms with E-state index in [-0.39, 0.29) is 22.1 Å². The summed E-state index contributed by atoms with van der Waals surface area (Å²) in [5.74, 6) is -0.938. The lowest BCUT2D eigenvalue weighted by Gasteiger charge is -2.25. The molecule has 200 valence electrons. The van der Waals surface area contributed by atoms with Gasteiger partial charge in [0.15, 0.2) is 0 Å². The number of rotatable bonds is 10. The van der Waals surface area contributed by atoms with Gasteiger partial charge >= 0.3 is 0 Å². The van der Waals surface area contributed by atoms with Gasteiger partial charge in [-0.25, -0.2) is 8.42 Å². The summed E-state index contributed by atoms with van der Waals surface area (Å²) in [4.78, 5) is 26.2. The Bertz CT molecular complexity index is 1560. The van der Waals surface area contributed by atoms with Crippen molar-refractivity contribution in [3.8, 4) is 0 Å². The Hall–Kier alpha value is -4.14. The molecule has 2 N–H and O–H groups in total. The second-order valence-corrected chi connectivity index (χ2v) is 11.1. The van der Waals surface area contributed by atoms with E-state index in [1.54, 1.807) is 55.5 Å². The molecule has 0 heterocycles. The smallest absolute Gasteiger partial charge is 0.264 e. The van der Waals surface area contributed by atoms with E-state index in [4.69, 9.17) is 11.6 Å². The maximum Gasteiger partial charge on any atom is 0.264 e. The largest absolute Gasteiger partial charge is 0.352 e. The fourth-order valence-electron chi connectivity index (χ4n) is 4.05. The highest BCUT2D eigenvalue weighted by molar-refractivity contribution is 7.92. The minimum atomic E-state index is -4.11. The Morgan fingerprint density at radius 2 is 1.46 bits per heavy atom. The van der Waals surface area contributed by atoms with Gasteiger partial charge in [-0.15, -0.1) is 0 Å². The van der Waals surface area contributed by atoms with Gasteiger partial charge in [0, 0.05) is 11.6 Å². The second-order valence-electron chi connectivity index (χ2n) is 8.84. The average molecular weight is 562 g/mol. The SMILES string of the molecule is Cc1ccccc1N(CC(=O)Nc1ccccc1C(=O)NCCc1ccccc1)S(=O)(=O)c1ccc(Cl)cc1. The number of nitrogens with one attached hydrogen (secondary N) is 2. The third-order valence-electron chi connectivity index (χ3n) is 6.06. The zero-order valence-corrected chi connectivity index (χ0v) is 22.9. The highest BCUT2D eigenvalue weighted by Gasteiger charge is 2.28. The highest BCUT2D eigenvalue weighted by atomic mass is 35.5. The summed E-state index contributed by atoms with van der Waals surface area (Å²) in [5.41, 5.74) is 2.71. The van der Waals surface area contributed by atoms with Crippen LogP contribution in [-0.4, -0.2) is 33.3 Å². The van der Waals surface area contributed by atoms with E-state index in [1.807, 2.05) is 30.3 Å². The number of anilines is 2. The number of benzene rings is 4. The molecular weight excluding hydrogens is 534 g/mol. The van der Waals surface area contributed by atoms with Crippen LogP contribution in [0.1, 0.15) is 21.5 Å². The fourth-order valence-corrected chi connectivity index (χ4v) is 5.66. The van der Waals surface area contributed by atoms with Crippen molar-refractivity contribution in [3.63, 3.8) is 0 Å². The Morgan fingerprint density at radius 3 is 2.18 bits per heavy atom. The molecule has 0 aliphatic carbocycles. The van der Waals surface area contributed by atoms with Crippen molar-refractivity contribution < 1.29 is 18.0 Å². The Morgan fingerprint density at radius 1 is 0.821 bits per heavy atom. The Labute approximate surface area is 233 Å². The van der Waals surface area contributed by atoms with Crippen LogP contribution in [0.3, 0.4) is 0 Å². The van der Waals surface area contributed by atoms with E-state index >= 15 is 0 Å². The molecule has 0 saturated heterocycles. The van der Waals surface area contributed by atoms with Gasteiger partial charge in [0.2, 0.25) is 5.91 Å². The summed E-state index contributed by atoms with van der Waals surface area (Å²) in [6, 6.07) is 29.1. The molecule has 39 heavy (non-hydrogen) atoms. The number of amides is 2. The molecule has 0 aliphatic rings. The maximum absolute atomic E-state index is 13.6. The van der Waals surface area contributed by atoms with Crippen molar-refractivity contribution in [2.75, 3.05) is 22.7 Å². The van der Waals surface area contributed by atoms with Gasteiger partial charge in [-0.2, -0.15) is 0 Å². The van der Waals surface area contributed by atoms with Crippen LogP contribution in [0.15, 0.2) is 108 Å².